The number of nitrogens with two attached hydrogens (primary N) is 1. The molecule has 1 aromatic carbocycles. The molecule has 1 aromatic heterocycles. The van der Waals surface area contributed by atoms with Gasteiger partial charge in [-0.2, -0.15) is 5.10 Å². The van der Waals surface area contributed by atoms with Gasteiger partial charge in [-0.3, -0.25) is 8.99 Å². The number of benzene rings is 1. The summed E-state index contributed by atoms with van der Waals surface area (Å²) >= 11 is 0. The van der Waals surface area contributed by atoms with Crippen molar-refractivity contribution in [1.29, 1.82) is 0 Å². The zero-order valence-corrected chi connectivity index (χ0v) is 13.1. The summed E-state index contributed by atoms with van der Waals surface area (Å²) in [6.07, 6.45) is 0.702. The van der Waals surface area contributed by atoms with E-state index >= 15 is 0 Å². The van der Waals surface area contributed by atoms with E-state index in [4.69, 9.17) is 5.73 Å². The molecule has 0 spiro atoms. The van der Waals surface area contributed by atoms with Gasteiger partial charge in [0.2, 0.25) is 0 Å². The lowest BCUT2D eigenvalue weighted by molar-refractivity contribution is 0.590. The van der Waals surface area contributed by atoms with E-state index in [1.807, 2.05) is 6.07 Å². The third kappa shape index (κ3) is 1.99. The molecule has 112 valence electrons. The van der Waals surface area contributed by atoms with Gasteiger partial charge in [0.15, 0.2) is 0 Å². The highest BCUT2D eigenvalue weighted by Gasteiger charge is 2.34. The molecule has 0 saturated heterocycles. The molecule has 2 N–H and O–H groups in total. The van der Waals surface area contributed by atoms with Crippen molar-refractivity contribution in [1.82, 2.24) is 9.78 Å². The van der Waals surface area contributed by atoms with Gasteiger partial charge in [0.1, 0.15) is 4.90 Å². The molecule has 6 nitrogen and oxygen atoms in total. The van der Waals surface area contributed by atoms with Crippen molar-refractivity contribution in [3.05, 3.63) is 35.2 Å². The van der Waals surface area contributed by atoms with E-state index in [2.05, 4.69) is 5.10 Å². The summed E-state index contributed by atoms with van der Waals surface area (Å²) in [5, 5.41) is 4.21. The first kappa shape index (κ1) is 13.9. The normalized spacial score (nSPS) is 14.5. The second kappa shape index (κ2) is 4.49. The molecule has 2 heterocycles. The van der Waals surface area contributed by atoms with E-state index < -0.39 is 10.0 Å². The molecule has 21 heavy (non-hydrogen) atoms. The zero-order chi connectivity index (χ0) is 15.4. The minimum Gasteiger partial charge on any atom is -0.399 e. The van der Waals surface area contributed by atoms with Crippen molar-refractivity contribution in [2.75, 3.05) is 16.6 Å². The van der Waals surface area contributed by atoms with Crippen LogP contribution in [0.1, 0.15) is 17.0 Å². The van der Waals surface area contributed by atoms with Crippen LogP contribution in [0.4, 0.5) is 11.4 Å². The maximum Gasteiger partial charge on any atom is 0.268 e. The topological polar surface area (TPSA) is 81.2 Å². The number of sulfonamides is 1. The van der Waals surface area contributed by atoms with Crippen molar-refractivity contribution in [2.24, 2.45) is 7.05 Å². The summed E-state index contributed by atoms with van der Waals surface area (Å²) in [6, 6.07) is 5.42. The number of nitrogen functional groups attached to an aromatic ring is 1. The van der Waals surface area contributed by atoms with Gasteiger partial charge in [0, 0.05) is 19.3 Å². The predicted molar refractivity (Wildman–Crippen MR) is 81.8 cm³/mol. The Kier molecular flexibility index (Phi) is 2.98. The van der Waals surface area contributed by atoms with Crippen molar-refractivity contribution < 1.29 is 8.42 Å². The van der Waals surface area contributed by atoms with E-state index in [1.165, 1.54) is 4.31 Å². The first-order valence-electron chi connectivity index (χ1n) is 6.73. The van der Waals surface area contributed by atoms with Gasteiger partial charge >= 0.3 is 0 Å². The first-order chi connectivity index (χ1) is 9.82. The van der Waals surface area contributed by atoms with Crippen molar-refractivity contribution in [3.63, 3.8) is 0 Å². The molecule has 0 aliphatic carbocycles. The average molecular weight is 306 g/mol. The molecular weight excluding hydrogens is 288 g/mol. The van der Waals surface area contributed by atoms with Gasteiger partial charge in [-0.15, -0.1) is 0 Å². The fourth-order valence-electron chi connectivity index (χ4n) is 2.85. The molecular formula is C14H18N4O2S. The van der Waals surface area contributed by atoms with Gasteiger partial charge in [-0.05, 0) is 38.0 Å². The molecule has 1 aliphatic rings. The standard InChI is InChI=1S/C14H18N4O2S/c1-9-14(10(2)17(3)16-9)21(19,20)18-7-6-11-4-5-12(15)8-13(11)18/h4-5,8H,6-7,15H2,1-3H3. The van der Waals surface area contributed by atoms with E-state index in [9.17, 15) is 8.42 Å². The Morgan fingerprint density at radius 3 is 2.62 bits per heavy atom. The number of aryl methyl sites for hydroxylation is 2. The number of nitrogens with zero attached hydrogens (tertiary/aromatic N) is 3. The molecule has 0 radical (unpaired) electrons. The smallest absolute Gasteiger partial charge is 0.268 e. The summed E-state index contributed by atoms with van der Waals surface area (Å²) in [6.45, 7) is 3.92. The van der Waals surface area contributed by atoms with Crippen LogP contribution in [0.15, 0.2) is 23.1 Å². The van der Waals surface area contributed by atoms with Crippen molar-refractivity contribution in [2.45, 2.75) is 25.2 Å². The molecule has 7 heteroatoms. The van der Waals surface area contributed by atoms with E-state index in [0.29, 0.717) is 40.6 Å². The largest absolute Gasteiger partial charge is 0.399 e. The molecule has 2 aromatic rings. The average Bonchev–Trinajstić information content (AvgIpc) is 2.91. The predicted octanol–water partition coefficient (Wildman–Crippen LogP) is 1.37. The Balaban J connectivity index is 2.16. The number of rotatable bonds is 2. The van der Waals surface area contributed by atoms with Crippen molar-refractivity contribution in [3.8, 4) is 0 Å². The number of hydrogen-bond acceptors (Lipinski definition) is 4. The monoisotopic (exact) mass is 306 g/mol. The fraction of sp³-hybridized carbons (Fsp3) is 0.357. The maximum atomic E-state index is 13.0. The Morgan fingerprint density at radius 1 is 1.29 bits per heavy atom. The molecule has 0 saturated carbocycles. The lowest BCUT2D eigenvalue weighted by atomic mass is 10.1. The fourth-order valence-corrected chi connectivity index (χ4v) is 4.75. The van der Waals surface area contributed by atoms with Gasteiger partial charge in [0.25, 0.3) is 10.0 Å². The van der Waals surface area contributed by atoms with Crippen LogP contribution >= 0.6 is 0 Å². The molecule has 0 unspecified atom stereocenters. The Labute approximate surface area is 124 Å². The van der Waals surface area contributed by atoms with Crippen LogP contribution in [-0.2, 0) is 23.5 Å². The van der Waals surface area contributed by atoms with Crippen LogP contribution < -0.4 is 10.0 Å². The van der Waals surface area contributed by atoms with Crippen LogP contribution in [0.5, 0.6) is 0 Å². The van der Waals surface area contributed by atoms with Crippen LogP contribution in [-0.4, -0.2) is 24.7 Å². The van der Waals surface area contributed by atoms with Crippen LogP contribution in [0, 0.1) is 13.8 Å². The molecule has 0 fully saturated rings. The van der Waals surface area contributed by atoms with Gasteiger partial charge in [0.05, 0.1) is 17.1 Å². The highest BCUT2D eigenvalue weighted by Crippen LogP contribution is 2.35. The van der Waals surface area contributed by atoms with E-state index in [1.54, 1.807) is 37.7 Å². The lowest BCUT2D eigenvalue weighted by Crippen LogP contribution is -2.30. The second-order valence-electron chi connectivity index (χ2n) is 5.34. The number of hydrogen-bond donors (Lipinski definition) is 1. The Morgan fingerprint density at radius 2 is 2.00 bits per heavy atom. The summed E-state index contributed by atoms with van der Waals surface area (Å²) in [4.78, 5) is 0.292. The summed E-state index contributed by atoms with van der Waals surface area (Å²) in [7, 11) is -1.87. The quantitative estimate of drug-likeness (QED) is 0.850. The maximum absolute atomic E-state index is 13.0. The molecule has 0 amide bonds. The van der Waals surface area contributed by atoms with Gasteiger partial charge < -0.3 is 5.73 Å². The van der Waals surface area contributed by atoms with E-state index in [0.717, 1.165) is 5.56 Å². The van der Waals surface area contributed by atoms with Crippen LogP contribution in [0.2, 0.25) is 0 Å². The minimum absolute atomic E-state index is 0.292. The summed E-state index contributed by atoms with van der Waals surface area (Å²) < 4.78 is 29.0. The Hall–Kier alpha value is -2.02. The number of anilines is 2. The third-order valence-corrected chi connectivity index (χ3v) is 6.02. The molecule has 0 atom stereocenters. The highest BCUT2D eigenvalue weighted by atomic mass is 32.2. The summed E-state index contributed by atoms with van der Waals surface area (Å²) in [5.74, 6) is 0. The number of fused-ring (bicyclic) bond motifs is 1. The van der Waals surface area contributed by atoms with Gasteiger partial charge in [-0.25, -0.2) is 8.42 Å². The molecule has 0 bridgehead atoms. The molecule has 3 rings (SSSR count). The minimum atomic E-state index is -3.61. The molecule has 1 aliphatic heterocycles. The SMILES string of the molecule is Cc1nn(C)c(C)c1S(=O)(=O)N1CCc2ccc(N)cc21. The van der Waals surface area contributed by atoms with E-state index in [-0.39, 0.29) is 0 Å². The third-order valence-electron chi connectivity index (χ3n) is 3.95. The first-order valence-corrected chi connectivity index (χ1v) is 8.17. The van der Waals surface area contributed by atoms with Crippen LogP contribution in [0.3, 0.4) is 0 Å². The van der Waals surface area contributed by atoms with Crippen molar-refractivity contribution >= 4 is 21.4 Å². The number of aromatic nitrogens is 2. The highest BCUT2D eigenvalue weighted by molar-refractivity contribution is 7.93. The van der Waals surface area contributed by atoms with Gasteiger partial charge in [-0.1, -0.05) is 6.07 Å². The van der Waals surface area contributed by atoms with Crippen LogP contribution in [0.25, 0.3) is 0 Å². The summed E-state index contributed by atoms with van der Waals surface area (Å²) in [5.41, 5.74) is 9.22. The zero-order valence-electron chi connectivity index (χ0n) is 12.3. The Bertz CT molecular complexity index is 824. The lowest BCUT2D eigenvalue weighted by Gasteiger charge is -2.20. The second-order valence-corrected chi connectivity index (χ2v) is 7.14.